The van der Waals surface area contributed by atoms with Crippen LogP contribution in [0.15, 0.2) is 12.3 Å². The molecule has 9 heavy (non-hydrogen) atoms. The monoisotopic (exact) mass is 127 g/mol. The standard InChI is InChI=1S/C5H5NO3/c6-4(7)3-1-2-9-5(3)8/h1-3H,(H2,6,7). The number of carbonyl (C=O) groups is 2. The molecule has 1 amide bonds. The number of esters is 1. The highest BCUT2D eigenvalue weighted by Crippen LogP contribution is 2.08. The lowest BCUT2D eigenvalue weighted by Gasteiger charge is -1.95. The first-order chi connectivity index (χ1) is 4.22. The van der Waals surface area contributed by atoms with Gasteiger partial charge in [0, 0.05) is 0 Å². The molecule has 4 nitrogen and oxygen atoms in total. The minimum absolute atomic E-state index is 0.595. The predicted octanol–water partition coefficient (Wildman–Crippen LogP) is -0.842. The van der Waals surface area contributed by atoms with Crippen molar-refractivity contribution in [1.82, 2.24) is 0 Å². The van der Waals surface area contributed by atoms with Crippen LogP contribution in [0.5, 0.6) is 0 Å². The zero-order valence-electron chi connectivity index (χ0n) is 4.53. The van der Waals surface area contributed by atoms with Crippen LogP contribution in [0.2, 0.25) is 0 Å². The van der Waals surface area contributed by atoms with Crippen LogP contribution in [0.1, 0.15) is 0 Å². The largest absolute Gasteiger partial charge is 0.434 e. The van der Waals surface area contributed by atoms with Crippen LogP contribution in [-0.4, -0.2) is 11.9 Å². The first kappa shape index (κ1) is 5.81. The minimum atomic E-state index is -0.870. The number of primary amides is 1. The lowest BCUT2D eigenvalue weighted by atomic mass is 10.1. The number of amides is 1. The maximum absolute atomic E-state index is 10.4. The highest BCUT2D eigenvalue weighted by atomic mass is 16.5. The third kappa shape index (κ3) is 0.910. The van der Waals surface area contributed by atoms with Gasteiger partial charge in [-0.25, -0.2) is 0 Å². The normalized spacial score (nSPS) is 24.0. The van der Waals surface area contributed by atoms with E-state index in [1.807, 2.05) is 0 Å². The molecule has 0 aromatic heterocycles. The molecule has 1 atom stereocenters. The Balaban J connectivity index is 2.71. The van der Waals surface area contributed by atoms with Crippen molar-refractivity contribution in [2.75, 3.05) is 0 Å². The Hall–Kier alpha value is -1.32. The Morgan fingerprint density at radius 1 is 1.78 bits per heavy atom. The number of ether oxygens (including phenoxy) is 1. The van der Waals surface area contributed by atoms with Crippen molar-refractivity contribution in [2.45, 2.75) is 0 Å². The summed E-state index contributed by atoms with van der Waals surface area (Å²) in [6, 6.07) is 0. The molecule has 0 aliphatic carbocycles. The zero-order valence-corrected chi connectivity index (χ0v) is 4.53. The second kappa shape index (κ2) is 1.89. The van der Waals surface area contributed by atoms with Gasteiger partial charge in [-0.2, -0.15) is 0 Å². The molecule has 1 rings (SSSR count). The highest BCUT2D eigenvalue weighted by molar-refractivity contribution is 6.00. The van der Waals surface area contributed by atoms with Crippen LogP contribution in [0, 0.1) is 5.92 Å². The van der Waals surface area contributed by atoms with Crippen molar-refractivity contribution in [3.8, 4) is 0 Å². The van der Waals surface area contributed by atoms with Crippen LogP contribution in [0.3, 0.4) is 0 Å². The average molecular weight is 127 g/mol. The fourth-order valence-electron chi connectivity index (χ4n) is 0.548. The SMILES string of the molecule is NC(=O)C1C=COC1=O. The maximum atomic E-state index is 10.4. The Kier molecular flexibility index (Phi) is 1.22. The molecule has 0 spiro atoms. The van der Waals surface area contributed by atoms with E-state index in [0.29, 0.717) is 0 Å². The average Bonchev–Trinajstić information content (AvgIpc) is 2.13. The van der Waals surface area contributed by atoms with Gasteiger partial charge in [-0.1, -0.05) is 0 Å². The van der Waals surface area contributed by atoms with Gasteiger partial charge in [0.25, 0.3) is 0 Å². The topological polar surface area (TPSA) is 69.4 Å². The Morgan fingerprint density at radius 3 is 2.67 bits per heavy atom. The number of hydrogen-bond acceptors (Lipinski definition) is 3. The molecule has 0 radical (unpaired) electrons. The lowest BCUT2D eigenvalue weighted by Crippen LogP contribution is -2.26. The van der Waals surface area contributed by atoms with Crippen molar-refractivity contribution in [3.63, 3.8) is 0 Å². The zero-order chi connectivity index (χ0) is 6.85. The summed E-state index contributed by atoms with van der Waals surface area (Å²) in [5.41, 5.74) is 4.80. The van der Waals surface area contributed by atoms with Gasteiger partial charge in [-0.3, -0.25) is 9.59 Å². The summed E-state index contributed by atoms with van der Waals surface area (Å²) in [4.78, 5) is 20.7. The summed E-state index contributed by atoms with van der Waals surface area (Å²) in [6.07, 6.45) is 2.49. The molecule has 48 valence electrons. The van der Waals surface area contributed by atoms with Gasteiger partial charge in [0.15, 0.2) is 5.92 Å². The summed E-state index contributed by atoms with van der Waals surface area (Å²) < 4.78 is 4.31. The smallest absolute Gasteiger partial charge is 0.327 e. The quantitative estimate of drug-likeness (QED) is 0.368. The molecule has 0 aromatic rings. The molecule has 0 saturated heterocycles. The number of cyclic esters (lactones) is 1. The second-order valence-electron chi connectivity index (χ2n) is 1.65. The van der Waals surface area contributed by atoms with E-state index in [9.17, 15) is 9.59 Å². The molecule has 1 aliphatic heterocycles. The van der Waals surface area contributed by atoms with Crippen molar-refractivity contribution in [2.24, 2.45) is 11.7 Å². The van der Waals surface area contributed by atoms with Crippen LogP contribution in [0.25, 0.3) is 0 Å². The number of rotatable bonds is 1. The second-order valence-corrected chi connectivity index (χ2v) is 1.65. The molecule has 1 aliphatic rings. The lowest BCUT2D eigenvalue weighted by molar-refractivity contribution is -0.142. The molecule has 0 aromatic carbocycles. The van der Waals surface area contributed by atoms with Gasteiger partial charge in [-0.05, 0) is 6.08 Å². The van der Waals surface area contributed by atoms with E-state index in [2.05, 4.69) is 4.74 Å². The van der Waals surface area contributed by atoms with Crippen LogP contribution in [0.4, 0.5) is 0 Å². The Morgan fingerprint density at radius 2 is 2.44 bits per heavy atom. The summed E-state index contributed by atoms with van der Waals surface area (Å²) in [6.45, 7) is 0. The molecule has 4 heteroatoms. The van der Waals surface area contributed by atoms with Gasteiger partial charge in [0.05, 0.1) is 6.26 Å². The Bertz CT molecular complexity index is 185. The van der Waals surface area contributed by atoms with E-state index >= 15 is 0 Å². The van der Waals surface area contributed by atoms with Crippen molar-refractivity contribution in [3.05, 3.63) is 12.3 Å². The predicted molar refractivity (Wildman–Crippen MR) is 27.9 cm³/mol. The number of nitrogens with two attached hydrogens (primary N) is 1. The van der Waals surface area contributed by atoms with Gasteiger partial charge in [0.1, 0.15) is 0 Å². The van der Waals surface area contributed by atoms with Crippen LogP contribution < -0.4 is 5.73 Å². The van der Waals surface area contributed by atoms with E-state index in [1.54, 1.807) is 0 Å². The molecule has 0 bridgehead atoms. The molecule has 1 heterocycles. The van der Waals surface area contributed by atoms with Crippen LogP contribution >= 0.6 is 0 Å². The van der Waals surface area contributed by atoms with Crippen molar-refractivity contribution in [1.29, 1.82) is 0 Å². The van der Waals surface area contributed by atoms with Gasteiger partial charge < -0.3 is 10.5 Å². The summed E-state index contributed by atoms with van der Waals surface area (Å²) in [5, 5.41) is 0. The Labute approximate surface area is 51.3 Å². The first-order valence-corrected chi connectivity index (χ1v) is 2.38. The van der Waals surface area contributed by atoms with Gasteiger partial charge in [0.2, 0.25) is 5.91 Å². The van der Waals surface area contributed by atoms with E-state index < -0.39 is 17.8 Å². The number of hydrogen-bond donors (Lipinski definition) is 1. The van der Waals surface area contributed by atoms with E-state index in [-0.39, 0.29) is 0 Å². The van der Waals surface area contributed by atoms with Crippen molar-refractivity contribution < 1.29 is 14.3 Å². The third-order valence-electron chi connectivity index (χ3n) is 1.02. The molecular formula is C5H5NO3. The summed E-state index contributed by atoms with van der Waals surface area (Å²) in [5.74, 6) is -2.14. The van der Waals surface area contributed by atoms with Gasteiger partial charge in [-0.15, -0.1) is 0 Å². The molecule has 2 N–H and O–H groups in total. The fourth-order valence-corrected chi connectivity index (χ4v) is 0.548. The molecule has 1 unspecified atom stereocenters. The molecule has 0 saturated carbocycles. The molecule has 0 fully saturated rings. The summed E-state index contributed by atoms with van der Waals surface area (Å²) in [7, 11) is 0. The van der Waals surface area contributed by atoms with Crippen LogP contribution in [-0.2, 0) is 14.3 Å². The number of carbonyl (C=O) groups excluding carboxylic acids is 2. The molecular weight excluding hydrogens is 122 g/mol. The van der Waals surface area contributed by atoms with Crippen molar-refractivity contribution >= 4 is 11.9 Å². The highest BCUT2D eigenvalue weighted by Gasteiger charge is 2.26. The first-order valence-electron chi connectivity index (χ1n) is 2.38. The maximum Gasteiger partial charge on any atom is 0.327 e. The fraction of sp³-hybridized carbons (Fsp3) is 0.200. The van der Waals surface area contributed by atoms with E-state index in [0.717, 1.165) is 6.26 Å². The van der Waals surface area contributed by atoms with Gasteiger partial charge >= 0.3 is 5.97 Å². The summed E-state index contributed by atoms with van der Waals surface area (Å²) >= 11 is 0. The minimum Gasteiger partial charge on any atom is -0.434 e. The van der Waals surface area contributed by atoms with E-state index in [4.69, 9.17) is 5.73 Å². The van der Waals surface area contributed by atoms with E-state index in [1.165, 1.54) is 6.08 Å². The third-order valence-corrected chi connectivity index (χ3v) is 1.02.